The van der Waals surface area contributed by atoms with Crippen LogP contribution in [0.25, 0.3) is 17.2 Å². The zero-order valence-electron chi connectivity index (χ0n) is 11.5. The summed E-state index contributed by atoms with van der Waals surface area (Å²) in [7, 11) is 0. The van der Waals surface area contributed by atoms with Gasteiger partial charge in [0.25, 0.3) is 0 Å². The summed E-state index contributed by atoms with van der Waals surface area (Å²) < 4.78 is 1.73. The van der Waals surface area contributed by atoms with Crippen LogP contribution in [0.3, 0.4) is 0 Å². The Hall–Kier alpha value is -2.69. The Balaban J connectivity index is 1.69. The van der Waals surface area contributed by atoms with Gasteiger partial charge in [0, 0.05) is 16.9 Å². The molecule has 0 radical (unpaired) electrons. The number of hydrogen-bond donors (Lipinski definition) is 1. The van der Waals surface area contributed by atoms with Crippen molar-refractivity contribution in [2.75, 3.05) is 5.73 Å². The SMILES string of the molecule is Nc1ccc(-c2ncn(-c3ccc4c(n3)CCC4)n2)cc1. The minimum atomic E-state index is 0.678. The van der Waals surface area contributed by atoms with E-state index in [2.05, 4.69) is 21.1 Å². The van der Waals surface area contributed by atoms with E-state index in [0.29, 0.717) is 5.82 Å². The molecule has 0 bridgehead atoms. The van der Waals surface area contributed by atoms with Gasteiger partial charge in [-0.1, -0.05) is 6.07 Å². The average molecular weight is 277 g/mol. The molecule has 0 spiro atoms. The lowest BCUT2D eigenvalue weighted by atomic mass is 10.2. The second kappa shape index (κ2) is 4.70. The molecule has 2 heterocycles. The van der Waals surface area contributed by atoms with Crippen molar-refractivity contribution in [3.63, 3.8) is 0 Å². The first-order valence-corrected chi connectivity index (χ1v) is 7.06. The lowest BCUT2D eigenvalue weighted by molar-refractivity contribution is 0.832. The van der Waals surface area contributed by atoms with Crippen molar-refractivity contribution in [3.8, 4) is 17.2 Å². The predicted molar refractivity (Wildman–Crippen MR) is 81.0 cm³/mol. The maximum Gasteiger partial charge on any atom is 0.181 e. The van der Waals surface area contributed by atoms with Crippen LogP contribution in [-0.4, -0.2) is 19.7 Å². The highest BCUT2D eigenvalue weighted by molar-refractivity contribution is 5.58. The van der Waals surface area contributed by atoms with Crippen molar-refractivity contribution < 1.29 is 0 Å². The normalized spacial score (nSPS) is 13.3. The van der Waals surface area contributed by atoms with Gasteiger partial charge in [-0.05, 0) is 55.2 Å². The highest BCUT2D eigenvalue weighted by atomic mass is 15.4. The molecule has 0 atom stereocenters. The van der Waals surface area contributed by atoms with E-state index in [1.54, 1.807) is 11.0 Å². The molecule has 0 saturated carbocycles. The highest BCUT2D eigenvalue weighted by Gasteiger charge is 2.14. The first kappa shape index (κ1) is 12.1. The molecule has 2 N–H and O–H groups in total. The van der Waals surface area contributed by atoms with Crippen LogP contribution in [0.1, 0.15) is 17.7 Å². The number of rotatable bonds is 2. The summed E-state index contributed by atoms with van der Waals surface area (Å²) in [4.78, 5) is 9.04. The van der Waals surface area contributed by atoms with Crippen LogP contribution < -0.4 is 5.73 Å². The monoisotopic (exact) mass is 277 g/mol. The maximum atomic E-state index is 5.70. The Kier molecular flexibility index (Phi) is 2.70. The van der Waals surface area contributed by atoms with Gasteiger partial charge in [0.2, 0.25) is 0 Å². The fraction of sp³-hybridized carbons (Fsp3) is 0.188. The van der Waals surface area contributed by atoms with Gasteiger partial charge in [0.1, 0.15) is 6.33 Å². The lowest BCUT2D eigenvalue weighted by Crippen LogP contribution is -2.01. The van der Waals surface area contributed by atoms with Crippen molar-refractivity contribution >= 4 is 5.69 Å². The van der Waals surface area contributed by atoms with Crippen molar-refractivity contribution in [1.82, 2.24) is 19.7 Å². The van der Waals surface area contributed by atoms with Crippen LogP contribution in [0, 0.1) is 0 Å². The number of nitrogens with two attached hydrogens (primary N) is 1. The number of aromatic nitrogens is 4. The smallest absolute Gasteiger partial charge is 0.181 e. The molecule has 1 aliphatic carbocycles. The van der Waals surface area contributed by atoms with Crippen LogP contribution in [0.4, 0.5) is 5.69 Å². The van der Waals surface area contributed by atoms with Crippen molar-refractivity contribution in [3.05, 3.63) is 54.0 Å². The van der Waals surface area contributed by atoms with Gasteiger partial charge in [-0.25, -0.2) is 14.6 Å². The maximum absolute atomic E-state index is 5.70. The van der Waals surface area contributed by atoms with E-state index < -0.39 is 0 Å². The number of anilines is 1. The van der Waals surface area contributed by atoms with E-state index in [4.69, 9.17) is 5.73 Å². The zero-order chi connectivity index (χ0) is 14.2. The molecule has 4 rings (SSSR count). The van der Waals surface area contributed by atoms with Crippen LogP contribution >= 0.6 is 0 Å². The van der Waals surface area contributed by atoms with Crippen molar-refractivity contribution in [2.45, 2.75) is 19.3 Å². The van der Waals surface area contributed by atoms with Crippen LogP contribution in [0.5, 0.6) is 0 Å². The largest absolute Gasteiger partial charge is 0.399 e. The van der Waals surface area contributed by atoms with Gasteiger partial charge in [-0.15, -0.1) is 5.10 Å². The molecular weight excluding hydrogens is 262 g/mol. The van der Waals surface area contributed by atoms with Crippen molar-refractivity contribution in [2.24, 2.45) is 0 Å². The number of nitrogen functional groups attached to an aromatic ring is 1. The zero-order valence-corrected chi connectivity index (χ0v) is 11.5. The average Bonchev–Trinajstić information content (AvgIpc) is 3.16. The van der Waals surface area contributed by atoms with Gasteiger partial charge >= 0.3 is 0 Å². The number of fused-ring (bicyclic) bond motifs is 1. The second-order valence-corrected chi connectivity index (χ2v) is 5.26. The Morgan fingerprint density at radius 3 is 2.71 bits per heavy atom. The number of nitrogens with zero attached hydrogens (tertiary/aromatic N) is 4. The van der Waals surface area contributed by atoms with Gasteiger partial charge in [-0.3, -0.25) is 0 Å². The molecule has 1 aromatic carbocycles. The Morgan fingerprint density at radius 1 is 1.00 bits per heavy atom. The molecule has 21 heavy (non-hydrogen) atoms. The molecule has 104 valence electrons. The standard InChI is InChI=1S/C16H15N5/c17-13-7-4-12(5-8-13)16-18-10-21(20-16)15-9-6-11-2-1-3-14(11)19-15/h4-10H,1-3,17H2. The van der Waals surface area contributed by atoms with E-state index in [1.807, 2.05) is 30.3 Å². The third-order valence-corrected chi connectivity index (χ3v) is 3.81. The fourth-order valence-corrected chi connectivity index (χ4v) is 2.67. The second-order valence-electron chi connectivity index (χ2n) is 5.26. The van der Waals surface area contributed by atoms with Gasteiger partial charge in [-0.2, -0.15) is 0 Å². The Labute approximate surface area is 122 Å². The Bertz CT molecular complexity index is 789. The molecule has 5 heteroatoms. The van der Waals surface area contributed by atoms with E-state index in [0.717, 1.165) is 29.9 Å². The first-order valence-electron chi connectivity index (χ1n) is 7.06. The van der Waals surface area contributed by atoms with Gasteiger partial charge in [0.05, 0.1) is 0 Å². The molecule has 2 aromatic heterocycles. The van der Waals surface area contributed by atoms with Gasteiger partial charge in [0.15, 0.2) is 11.6 Å². The van der Waals surface area contributed by atoms with Crippen molar-refractivity contribution in [1.29, 1.82) is 0 Å². The molecule has 1 aliphatic rings. The molecule has 0 aliphatic heterocycles. The summed E-state index contributed by atoms with van der Waals surface area (Å²) >= 11 is 0. The minimum Gasteiger partial charge on any atom is -0.399 e. The quantitative estimate of drug-likeness (QED) is 0.730. The first-order chi connectivity index (χ1) is 10.3. The molecule has 0 amide bonds. The third kappa shape index (κ3) is 2.16. The molecular formula is C16H15N5. The topological polar surface area (TPSA) is 69.6 Å². The van der Waals surface area contributed by atoms with E-state index in [9.17, 15) is 0 Å². The van der Waals surface area contributed by atoms with Gasteiger partial charge < -0.3 is 5.73 Å². The predicted octanol–water partition coefficient (Wildman–Crippen LogP) is 2.40. The number of pyridine rings is 1. The number of aryl methyl sites for hydroxylation is 2. The summed E-state index contributed by atoms with van der Waals surface area (Å²) in [5.41, 5.74) is 9.93. The number of hydrogen-bond acceptors (Lipinski definition) is 4. The minimum absolute atomic E-state index is 0.678. The third-order valence-electron chi connectivity index (χ3n) is 3.81. The van der Waals surface area contributed by atoms with E-state index in [-0.39, 0.29) is 0 Å². The van der Waals surface area contributed by atoms with Crippen LogP contribution in [0.15, 0.2) is 42.7 Å². The summed E-state index contributed by atoms with van der Waals surface area (Å²) in [6.45, 7) is 0. The number of benzene rings is 1. The molecule has 0 saturated heterocycles. The summed E-state index contributed by atoms with van der Waals surface area (Å²) in [5.74, 6) is 1.50. The molecule has 3 aromatic rings. The molecule has 0 unspecified atom stereocenters. The summed E-state index contributed by atoms with van der Waals surface area (Å²) in [6.07, 6.45) is 5.09. The van der Waals surface area contributed by atoms with Crippen LogP contribution in [-0.2, 0) is 12.8 Å². The summed E-state index contributed by atoms with van der Waals surface area (Å²) in [5, 5.41) is 4.51. The van der Waals surface area contributed by atoms with E-state index in [1.165, 1.54) is 17.7 Å². The lowest BCUT2D eigenvalue weighted by Gasteiger charge is -2.03. The molecule has 0 fully saturated rings. The summed E-state index contributed by atoms with van der Waals surface area (Å²) in [6, 6.07) is 11.7. The van der Waals surface area contributed by atoms with E-state index >= 15 is 0 Å². The Morgan fingerprint density at radius 2 is 1.86 bits per heavy atom. The van der Waals surface area contributed by atoms with Crippen LogP contribution in [0.2, 0.25) is 0 Å². The fourth-order valence-electron chi connectivity index (χ4n) is 2.67. The molecule has 5 nitrogen and oxygen atoms in total. The highest BCUT2D eigenvalue weighted by Crippen LogP contribution is 2.22.